The van der Waals surface area contributed by atoms with Gasteiger partial charge in [-0.05, 0) is 56.3 Å². The summed E-state index contributed by atoms with van der Waals surface area (Å²) < 4.78 is 0. The topological polar surface area (TPSA) is 42.0 Å². The number of hydrogen-bond acceptors (Lipinski definition) is 3. The molecule has 1 aromatic rings. The lowest BCUT2D eigenvalue weighted by Crippen LogP contribution is -2.53. The number of nitrogens with zero attached hydrogens (tertiary/aromatic N) is 1. The summed E-state index contributed by atoms with van der Waals surface area (Å²) >= 11 is 1.62. The molecule has 0 unspecified atom stereocenters. The van der Waals surface area contributed by atoms with Crippen molar-refractivity contribution in [3.8, 4) is 0 Å². The molecule has 5 rings (SSSR count). The van der Waals surface area contributed by atoms with Gasteiger partial charge in [0.2, 0.25) is 5.91 Å². The Hall–Kier alpha value is -0.900. The Morgan fingerprint density at radius 2 is 1.89 bits per heavy atom. The molecule has 1 aromatic heterocycles. The molecule has 1 heterocycles. The second-order valence-corrected chi connectivity index (χ2v) is 7.82. The Kier molecular flexibility index (Phi) is 2.69. The maximum atomic E-state index is 12.7. The van der Waals surface area contributed by atoms with Gasteiger partial charge in [0, 0.05) is 16.5 Å². The van der Waals surface area contributed by atoms with E-state index in [9.17, 15) is 4.79 Å². The molecule has 3 nitrogen and oxygen atoms in total. The molecule has 102 valence electrons. The van der Waals surface area contributed by atoms with E-state index in [2.05, 4.69) is 10.3 Å². The molecule has 0 radical (unpaired) electrons. The SMILES string of the molecule is O=C(NCc1cncs1)C12CC3CC(CC(C3)C1)C2. The fraction of sp³-hybridized carbons (Fsp3) is 0.733. The largest absolute Gasteiger partial charge is 0.351 e. The van der Waals surface area contributed by atoms with Crippen molar-refractivity contribution in [3.05, 3.63) is 16.6 Å². The van der Waals surface area contributed by atoms with Crippen molar-refractivity contribution in [2.45, 2.75) is 45.1 Å². The second kappa shape index (κ2) is 4.30. The molecule has 1 amide bonds. The molecule has 4 fully saturated rings. The maximum Gasteiger partial charge on any atom is 0.226 e. The van der Waals surface area contributed by atoms with E-state index in [1.807, 2.05) is 11.7 Å². The zero-order chi connectivity index (χ0) is 12.9. The molecule has 4 bridgehead atoms. The van der Waals surface area contributed by atoms with Gasteiger partial charge in [-0.1, -0.05) is 0 Å². The third-order valence-electron chi connectivity index (χ3n) is 5.43. The Labute approximate surface area is 117 Å². The van der Waals surface area contributed by atoms with Gasteiger partial charge >= 0.3 is 0 Å². The Balaban J connectivity index is 1.47. The van der Waals surface area contributed by atoms with E-state index in [1.54, 1.807) is 11.3 Å². The van der Waals surface area contributed by atoms with E-state index in [4.69, 9.17) is 0 Å². The monoisotopic (exact) mass is 276 g/mol. The molecule has 4 aliphatic carbocycles. The predicted molar refractivity (Wildman–Crippen MR) is 74.6 cm³/mol. The van der Waals surface area contributed by atoms with Crippen molar-refractivity contribution < 1.29 is 4.79 Å². The summed E-state index contributed by atoms with van der Waals surface area (Å²) in [6, 6.07) is 0. The van der Waals surface area contributed by atoms with Gasteiger partial charge in [0.25, 0.3) is 0 Å². The molecule has 0 aliphatic heterocycles. The molecule has 1 N–H and O–H groups in total. The van der Waals surface area contributed by atoms with Crippen LogP contribution in [-0.4, -0.2) is 10.9 Å². The summed E-state index contributed by atoms with van der Waals surface area (Å²) in [4.78, 5) is 17.9. The van der Waals surface area contributed by atoms with Crippen LogP contribution in [0.3, 0.4) is 0 Å². The molecule has 0 saturated heterocycles. The second-order valence-electron chi connectivity index (χ2n) is 6.85. The normalized spacial score (nSPS) is 39.5. The summed E-state index contributed by atoms with van der Waals surface area (Å²) in [6.45, 7) is 0.658. The van der Waals surface area contributed by atoms with Crippen LogP contribution in [0.4, 0.5) is 0 Å². The molecule has 4 heteroatoms. The van der Waals surface area contributed by atoms with Crippen molar-refractivity contribution >= 4 is 17.2 Å². The predicted octanol–water partition coefficient (Wildman–Crippen LogP) is 2.98. The quantitative estimate of drug-likeness (QED) is 0.922. The highest BCUT2D eigenvalue weighted by Crippen LogP contribution is 2.60. The molecule has 0 spiro atoms. The van der Waals surface area contributed by atoms with Gasteiger partial charge in [-0.3, -0.25) is 9.78 Å². The number of carbonyl (C=O) groups is 1. The average Bonchev–Trinajstić information content (AvgIpc) is 2.87. The highest BCUT2D eigenvalue weighted by Gasteiger charge is 2.54. The van der Waals surface area contributed by atoms with Gasteiger partial charge in [0.1, 0.15) is 0 Å². The molecule has 4 saturated carbocycles. The van der Waals surface area contributed by atoms with Crippen LogP contribution in [0.1, 0.15) is 43.4 Å². The third-order valence-corrected chi connectivity index (χ3v) is 6.21. The first-order valence-corrected chi connectivity index (χ1v) is 8.27. The van der Waals surface area contributed by atoms with Crippen molar-refractivity contribution in [3.63, 3.8) is 0 Å². The zero-order valence-electron chi connectivity index (χ0n) is 11.1. The highest BCUT2D eigenvalue weighted by atomic mass is 32.1. The van der Waals surface area contributed by atoms with E-state index in [1.165, 1.54) is 19.3 Å². The third kappa shape index (κ3) is 2.00. The van der Waals surface area contributed by atoms with Gasteiger partial charge in [0.15, 0.2) is 0 Å². The fourth-order valence-electron chi connectivity index (χ4n) is 5.07. The lowest BCUT2D eigenvalue weighted by atomic mass is 9.49. The average molecular weight is 276 g/mol. The standard InChI is InChI=1S/C15H20N2OS/c18-14(17-8-13-7-16-9-19-13)15-4-10-1-11(5-15)3-12(2-10)6-15/h7,9-12H,1-6,8H2,(H,17,18). The molecule has 0 atom stereocenters. The zero-order valence-corrected chi connectivity index (χ0v) is 11.9. The van der Waals surface area contributed by atoms with Crippen molar-refractivity contribution in [1.82, 2.24) is 10.3 Å². The van der Waals surface area contributed by atoms with E-state index < -0.39 is 0 Å². The number of nitrogens with one attached hydrogen (secondary N) is 1. The van der Waals surface area contributed by atoms with Crippen molar-refractivity contribution in [1.29, 1.82) is 0 Å². The highest BCUT2D eigenvalue weighted by molar-refractivity contribution is 7.09. The minimum absolute atomic E-state index is 0.0144. The van der Waals surface area contributed by atoms with Crippen LogP contribution in [0.25, 0.3) is 0 Å². The van der Waals surface area contributed by atoms with E-state index in [-0.39, 0.29) is 5.41 Å². The summed E-state index contributed by atoms with van der Waals surface area (Å²) in [5, 5.41) is 3.17. The Morgan fingerprint density at radius 1 is 1.26 bits per heavy atom. The minimum Gasteiger partial charge on any atom is -0.351 e. The van der Waals surface area contributed by atoms with Gasteiger partial charge in [0.05, 0.1) is 12.1 Å². The molecule has 4 aliphatic rings. The summed E-state index contributed by atoms with van der Waals surface area (Å²) in [5.74, 6) is 2.82. The number of hydrogen-bond donors (Lipinski definition) is 1. The first-order chi connectivity index (χ1) is 9.23. The molecular weight excluding hydrogens is 256 g/mol. The van der Waals surface area contributed by atoms with Crippen LogP contribution in [0, 0.1) is 23.2 Å². The molecule has 19 heavy (non-hydrogen) atoms. The van der Waals surface area contributed by atoms with Gasteiger partial charge in [-0.15, -0.1) is 11.3 Å². The van der Waals surface area contributed by atoms with E-state index >= 15 is 0 Å². The first kappa shape index (κ1) is 11.9. The van der Waals surface area contributed by atoms with Crippen molar-refractivity contribution in [2.24, 2.45) is 23.2 Å². The van der Waals surface area contributed by atoms with Crippen LogP contribution in [0.2, 0.25) is 0 Å². The fourth-order valence-corrected chi connectivity index (χ4v) is 5.61. The van der Waals surface area contributed by atoms with Crippen LogP contribution in [-0.2, 0) is 11.3 Å². The number of carbonyl (C=O) groups excluding carboxylic acids is 1. The van der Waals surface area contributed by atoms with Gasteiger partial charge in [-0.25, -0.2) is 0 Å². The number of thiazole rings is 1. The van der Waals surface area contributed by atoms with E-state index in [0.717, 1.165) is 41.9 Å². The van der Waals surface area contributed by atoms with Crippen LogP contribution >= 0.6 is 11.3 Å². The van der Waals surface area contributed by atoms with Crippen LogP contribution < -0.4 is 5.32 Å². The Morgan fingerprint density at radius 3 is 2.42 bits per heavy atom. The number of amides is 1. The lowest BCUT2D eigenvalue weighted by molar-refractivity contribution is -0.146. The maximum absolute atomic E-state index is 12.7. The molecule has 0 aromatic carbocycles. The minimum atomic E-state index is -0.0144. The van der Waals surface area contributed by atoms with Gasteiger partial charge < -0.3 is 5.32 Å². The summed E-state index contributed by atoms with van der Waals surface area (Å²) in [7, 11) is 0. The van der Waals surface area contributed by atoms with Gasteiger partial charge in [-0.2, -0.15) is 0 Å². The molecular formula is C15H20N2OS. The lowest BCUT2D eigenvalue weighted by Gasteiger charge is -2.55. The smallest absolute Gasteiger partial charge is 0.226 e. The van der Waals surface area contributed by atoms with E-state index in [0.29, 0.717) is 12.5 Å². The number of aromatic nitrogens is 1. The summed E-state index contributed by atoms with van der Waals surface area (Å²) in [6.07, 6.45) is 9.46. The first-order valence-electron chi connectivity index (χ1n) is 7.39. The number of rotatable bonds is 3. The van der Waals surface area contributed by atoms with Crippen molar-refractivity contribution in [2.75, 3.05) is 0 Å². The summed E-state index contributed by atoms with van der Waals surface area (Å²) in [5.41, 5.74) is 1.81. The van der Waals surface area contributed by atoms with Crippen LogP contribution in [0.5, 0.6) is 0 Å². The van der Waals surface area contributed by atoms with Crippen LogP contribution in [0.15, 0.2) is 11.7 Å². The Bertz CT molecular complexity index is 447.